The smallest absolute Gasteiger partial charge is 0.266 e. The Hall–Kier alpha value is -2.71. The van der Waals surface area contributed by atoms with Crippen LogP contribution in [-0.2, 0) is 26.0 Å². The molecule has 0 aromatic heterocycles. The van der Waals surface area contributed by atoms with Crippen molar-refractivity contribution >= 4 is 27.5 Å². The number of amides is 2. The lowest BCUT2D eigenvalue weighted by molar-refractivity contribution is -0.129. The van der Waals surface area contributed by atoms with Gasteiger partial charge in [0, 0.05) is 12.6 Å². The molecule has 27 heavy (non-hydrogen) atoms. The third-order valence-corrected chi connectivity index (χ3v) is 6.27. The Balaban J connectivity index is 1.87. The molecule has 8 heteroatoms. The lowest BCUT2D eigenvalue weighted by Gasteiger charge is -2.33. The monoisotopic (exact) mass is 388 g/mol. The number of hydrogen-bond acceptors (Lipinski definition) is 5. The Morgan fingerprint density at radius 3 is 2.41 bits per heavy atom. The summed E-state index contributed by atoms with van der Waals surface area (Å²) < 4.78 is 26.7. The van der Waals surface area contributed by atoms with Crippen LogP contribution in [0.15, 0.2) is 53.4 Å². The number of carbonyl (C=O) groups excluding carboxylic acids is 2. The minimum absolute atomic E-state index is 0.0778. The third-order valence-electron chi connectivity index (χ3n) is 4.46. The number of hydrogen-bond donors (Lipinski definition) is 2. The maximum Gasteiger partial charge on any atom is 0.266 e. The van der Waals surface area contributed by atoms with Crippen LogP contribution in [-0.4, -0.2) is 42.8 Å². The van der Waals surface area contributed by atoms with E-state index in [2.05, 4.69) is 5.32 Å². The molecule has 2 aromatic carbocycles. The second-order valence-corrected chi connectivity index (χ2v) is 8.16. The predicted octanol–water partition coefficient (Wildman–Crippen LogP) is 1.49. The van der Waals surface area contributed by atoms with Crippen LogP contribution in [0.1, 0.15) is 24.0 Å². The van der Waals surface area contributed by atoms with E-state index in [-0.39, 0.29) is 17.3 Å². The van der Waals surface area contributed by atoms with Crippen LogP contribution in [0.5, 0.6) is 0 Å². The molecular weight excluding hydrogens is 368 g/mol. The summed E-state index contributed by atoms with van der Waals surface area (Å²) in [4.78, 5) is 23.9. The molecule has 2 aromatic rings. The number of benzene rings is 2. The van der Waals surface area contributed by atoms with E-state index in [0.29, 0.717) is 12.1 Å². The van der Waals surface area contributed by atoms with Crippen molar-refractivity contribution in [2.24, 2.45) is 0 Å². The van der Waals surface area contributed by atoms with Crippen LogP contribution >= 0.6 is 0 Å². The number of nitrogens with one attached hydrogen (secondary N) is 1. The van der Waals surface area contributed by atoms with Gasteiger partial charge in [-0.1, -0.05) is 24.3 Å². The van der Waals surface area contributed by atoms with E-state index in [1.54, 1.807) is 0 Å². The van der Waals surface area contributed by atoms with E-state index in [1.807, 2.05) is 24.3 Å². The number of rotatable bonds is 6. The molecule has 2 amide bonds. The number of aliphatic hydroxyl groups is 1. The predicted molar refractivity (Wildman–Crippen MR) is 99.6 cm³/mol. The van der Waals surface area contributed by atoms with Gasteiger partial charge >= 0.3 is 0 Å². The summed E-state index contributed by atoms with van der Waals surface area (Å²) >= 11 is 0. The molecule has 1 unspecified atom stereocenters. The Bertz CT molecular complexity index is 970. The Labute approximate surface area is 157 Å². The summed E-state index contributed by atoms with van der Waals surface area (Å²) in [5.74, 6) is -1.35. The zero-order chi connectivity index (χ0) is 19.6. The Morgan fingerprint density at radius 1 is 1.15 bits per heavy atom. The third kappa shape index (κ3) is 3.72. The van der Waals surface area contributed by atoms with Crippen molar-refractivity contribution < 1.29 is 23.1 Å². The maximum absolute atomic E-state index is 13.0. The highest BCUT2D eigenvalue weighted by molar-refractivity contribution is 7.89. The number of fused-ring (bicyclic) bond motifs is 1. The van der Waals surface area contributed by atoms with Gasteiger partial charge in [-0.25, -0.2) is 12.7 Å². The molecule has 1 aliphatic rings. The van der Waals surface area contributed by atoms with Crippen molar-refractivity contribution in [1.82, 2.24) is 4.31 Å². The summed E-state index contributed by atoms with van der Waals surface area (Å²) in [7, 11) is -4.12. The molecule has 0 saturated heterocycles. The first-order valence-electron chi connectivity index (χ1n) is 8.47. The van der Waals surface area contributed by atoms with E-state index >= 15 is 0 Å². The quantitative estimate of drug-likeness (QED) is 0.780. The van der Waals surface area contributed by atoms with Gasteiger partial charge in [0.1, 0.15) is 0 Å². The summed E-state index contributed by atoms with van der Waals surface area (Å²) in [6.45, 7) is 0.569. The van der Waals surface area contributed by atoms with Crippen molar-refractivity contribution in [3.63, 3.8) is 0 Å². The fourth-order valence-electron chi connectivity index (χ4n) is 3.13. The molecule has 0 fully saturated rings. The Kier molecular flexibility index (Phi) is 5.29. The minimum Gasteiger partial charge on any atom is -0.394 e. The molecule has 1 atom stereocenters. The van der Waals surface area contributed by atoms with Crippen LogP contribution in [0, 0.1) is 0 Å². The van der Waals surface area contributed by atoms with E-state index in [9.17, 15) is 23.1 Å². The van der Waals surface area contributed by atoms with E-state index in [0.717, 1.165) is 15.4 Å². The van der Waals surface area contributed by atoms with Crippen molar-refractivity contribution in [1.29, 1.82) is 0 Å². The molecule has 0 spiro atoms. The van der Waals surface area contributed by atoms with Crippen LogP contribution in [0.25, 0.3) is 0 Å². The number of aliphatic hydroxyl groups excluding tert-OH is 1. The van der Waals surface area contributed by atoms with Crippen molar-refractivity contribution in [3.05, 3.63) is 59.7 Å². The summed E-state index contributed by atoms with van der Waals surface area (Å²) in [5.41, 5.74) is 2.30. The topological polar surface area (TPSA) is 104 Å². The highest BCUT2D eigenvalue weighted by Gasteiger charge is 2.39. The summed E-state index contributed by atoms with van der Waals surface area (Å²) in [6, 6.07) is 13.0. The first-order chi connectivity index (χ1) is 12.8. The zero-order valence-electron chi connectivity index (χ0n) is 14.8. The standard InChI is InChI=1S/C19H20N2O5S/c1-13(23)20-15-6-8-16(9-7-15)27(25,26)21(10-11-22)19(24)18-12-14-4-2-3-5-17(14)18/h2-9,18,22H,10-12H2,1H3,(H,20,23). The second-order valence-electron chi connectivity index (χ2n) is 6.30. The molecular formula is C19H20N2O5S. The van der Waals surface area contributed by atoms with Crippen LogP contribution in [0.4, 0.5) is 5.69 Å². The second kappa shape index (κ2) is 7.50. The molecule has 0 radical (unpaired) electrons. The van der Waals surface area contributed by atoms with E-state index in [1.165, 1.54) is 31.2 Å². The van der Waals surface area contributed by atoms with Gasteiger partial charge in [-0.2, -0.15) is 0 Å². The van der Waals surface area contributed by atoms with Crippen LogP contribution in [0.3, 0.4) is 0 Å². The first kappa shape index (κ1) is 19.1. The molecule has 0 aliphatic heterocycles. The maximum atomic E-state index is 13.0. The molecule has 0 bridgehead atoms. The van der Waals surface area contributed by atoms with Crippen LogP contribution < -0.4 is 5.32 Å². The number of anilines is 1. The highest BCUT2D eigenvalue weighted by Crippen LogP contribution is 2.37. The average Bonchev–Trinajstić information content (AvgIpc) is 2.60. The van der Waals surface area contributed by atoms with Crippen molar-refractivity contribution in [2.75, 3.05) is 18.5 Å². The lowest BCUT2D eigenvalue weighted by Crippen LogP contribution is -2.44. The van der Waals surface area contributed by atoms with E-state index < -0.39 is 28.5 Å². The molecule has 2 N–H and O–H groups in total. The van der Waals surface area contributed by atoms with Gasteiger partial charge in [0.05, 0.1) is 24.0 Å². The van der Waals surface area contributed by atoms with E-state index in [4.69, 9.17) is 0 Å². The molecule has 0 heterocycles. The zero-order valence-corrected chi connectivity index (χ0v) is 15.6. The average molecular weight is 388 g/mol. The summed E-state index contributed by atoms with van der Waals surface area (Å²) in [6.07, 6.45) is 0.480. The molecule has 7 nitrogen and oxygen atoms in total. The highest BCUT2D eigenvalue weighted by atomic mass is 32.2. The SMILES string of the molecule is CC(=O)Nc1ccc(S(=O)(=O)N(CCO)C(=O)C2Cc3ccccc32)cc1. The molecule has 1 aliphatic carbocycles. The lowest BCUT2D eigenvalue weighted by atomic mass is 9.77. The summed E-state index contributed by atoms with van der Waals surface area (Å²) in [5, 5.41) is 11.9. The Morgan fingerprint density at radius 2 is 1.81 bits per heavy atom. The number of sulfonamides is 1. The number of nitrogens with zero attached hydrogens (tertiary/aromatic N) is 1. The van der Waals surface area contributed by atoms with Gasteiger partial charge < -0.3 is 10.4 Å². The normalized spacial score (nSPS) is 15.4. The van der Waals surface area contributed by atoms with Gasteiger partial charge in [-0.05, 0) is 41.8 Å². The largest absolute Gasteiger partial charge is 0.394 e. The van der Waals surface area contributed by atoms with Gasteiger partial charge in [0.2, 0.25) is 11.8 Å². The number of carbonyl (C=O) groups is 2. The van der Waals surface area contributed by atoms with Gasteiger partial charge in [-0.15, -0.1) is 0 Å². The fraction of sp³-hybridized carbons (Fsp3) is 0.263. The minimum atomic E-state index is -4.12. The van der Waals surface area contributed by atoms with Crippen molar-refractivity contribution in [3.8, 4) is 0 Å². The fourth-order valence-corrected chi connectivity index (χ4v) is 4.55. The van der Waals surface area contributed by atoms with Gasteiger partial charge in [0.25, 0.3) is 10.0 Å². The molecule has 3 rings (SSSR count). The first-order valence-corrected chi connectivity index (χ1v) is 9.91. The van der Waals surface area contributed by atoms with Gasteiger partial charge in [0.15, 0.2) is 0 Å². The molecule has 142 valence electrons. The van der Waals surface area contributed by atoms with Crippen molar-refractivity contribution in [2.45, 2.75) is 24.2 Å². The molecule has 0 saturated carbocycles. The van der Waals surface area contributed by atoms with Crippen LogP contribution in [0.2, 0.25) is 0 Å². The van der Waals surface area contributed by atoms with Gasteiger partial charge in [-0.3, -0.25) is 9.59 Å².